The van der Waals surface area contributed by atoms with Crippen LogP contribution in [0.4, 0.5) is 13.2 Å². The molecular formula is C25H31F3N2O3Si. The number of halogens is 3. The topological polar surface area (TPSA) is 68.4 Å². The number of alkyl halides is 3. The van der Waals surface area contributed by atoms with Crippen molar-refractivity contribution in [1.82, 2.24) is 10.2 Å². The normalized spacial score (nSPS) is 13.8. The van der Waals surface area contributed by atoms with Crippen molar-refractivity contribution in [2.24, 2.45) is 0 Å². The average molecular weight is 493 g/mol. The highest BCUT2D eigenvalue weighted by Crippen LogP contribution is 2.40. The molecule has 1 unspecified atom stereocenters. The van der Waals surface area contributed by atoms with Crippen LogP contribution in [-0.2, 0) is 17.0 Å². The molecule has 0 aliphatic rings. The molecule has 5 nitrogen and oxygen atoms in total. The Hall–Kier alpha value is -2.49. The van der Waals surface area contributed by atoms with Crippen molar-refractivity contribution in [3.05, 3.63) is 71.1 Å². The van der Waals surface area contributed by atoms with Gasteiger partial charge in [-0.2, -0.15) is 13.2 Å². The Morgan fingerprint density at radius 1 is 1.00 bits per heavy atom. The summed E-state index contributed by atoms with van der Waals surface area (Å²) in [7, 11) is -2.16. The van der Waals surface area contributed by atoms with E-state index in [1.807, 2.05) is 24.3 Å². The molecule has 1 N–H and O–H groups in total. The maximum Gasteiger partial charge on any atom is 0.416 e. The van der Waals surface area contributed by atoms with E-state index < -0.39 is 26.2 Å². The van der Waals surface area contributed by atoms with Gasteiger partial charge in [-0.1, -0.05) is 51.1 Å². The zero-order valence-corrected chi connectivity index (χ0v) is 21.1. The van der Waals surface area contributed by atoms with E-state index in [9.17, 15) is 18.3 Å². The van der Waals surface area contributed by atoms with Crippen LogP contribution >= 0.6 is 0 Å². The number of hydrogen-bond donors (Lipinski definition) is 1. The van der Waals surface area contributed by atoms with Crippen LogP contribution < -0.4 is 0 Å². The first kappa shape index (κ1) is 26.1. The van der Waals surface area contributed by atoms with Gasteiger partial charge in [0.05, 0.1) is 5.56 Å². The second-order valence-corrected chi connectivity index (χ2v) is 14.6. The van der Waals surface area contributed by atoms with Gasteiger partial charge >= 0.3 is 6.18 Å². The third-order valence-electron chi connectivity index (χ3n) is 6.27. The smallest absolute Gasteiger partial charge is 0.416 e. The van der Waals surface area contributed by atoms with Gasteiger partial charge in [0.25, 0.3) is 0 Å². The fourth-order valence-corrected chi connectivity index (χ4v) is 4.55. The molecule has 2 aromatic carbocycles. The van der Waals surface area contributed by atoms with Crippen molar-refractivity contribution in [3.63, 3.8) is 0 Å². The van der Waals surface area contributed by atoms with Crippen LogP contribution in [0.2, 0.25) is 18.1 Å². The van der Waals surface area contributed by atoms with Crippen molar-refractivity contribution in [3.8, 4) is 11.5 Å². The number of benzene rings is 2. The monoisotopic (exact) mass is 492 g/mol. The highest BCUT2D eigenvalue weighted by Gasteiger charge is 2.40. The largest absolute Gasteiger partial charge is 0.418 e. The molecule has 0 radical (unpaired) electrons. The van der Waals surface area contributed by atoms with Gasteiger partial charge in [0.15, 0.2) is 8.32 Å². The van der Waals surface area contributed by atoms with Gasteiger partial charge in [0.2, 0.25) is 11.8 Å². The molecule has 0 fully saturated rings. The lowest BCUT2D eigenvalue weighted by Gasteiger charge is -2.38. The van der Waals surface area contributed by atoms with Crippen molar-refractivity contribution in [2.45, 2.75) is 64.0 Å². The first-order valence-electron chi connectivity index (χ1n) is 11.2. The highest BCUT2D eigenvalue weighted by atomic mass is 28.4. The van der Waals surface area contributed by atoms with Crippen LogP contribution in [0, 0.1) is 0 Å². The van der Waals surface area contributed by atoms with Crippen LogP contribution in [0.5, 0.6) is 0 Å². The van der Waals surface area contributed by atoms with Gasteiger partial charge in [-0.3, -0.25) is 0 Å². The lowest BCUT2D eigenvalue weighted by Crippen LogP contribution is -2.42. The van der Waals surface area contributed by atoms with Crippen molar-refractivity contribution in [2.75, 3.05) is 6.61 Å². The third-order valence-corrected chi connectivity index (χ3v) is 10.8. The van der Waals surface area contributed by atoms with Crippen LogP contribution in [0.15, 0.2) is 52.9 Å². The molecule has 3 rings (SSSR count). The van der Waals surface area contributed by atoms with E-state index in [0.717, 1.165) is 23.3 Å². The molecule has 0 aliphatic heterocycles. The minimum absolute atomic E-state index is 0.0299. The second-order valence-electron chi connectivity index (χ2n) is 9.85. The van der Waals surface area contributed by atoms with Crippen LogP contribution in [0.3, 0.4) is 0 Å². The molecule has 0 aliphatic carbocycles. The van der Waals surface area contributed by atoms with Crippen molar-refractivity contribution in [1.29, 1.82) is 0 Å². The molecule has 34 heavy (non-hydrogen) atoms. The van der Waals surface area contributed by atoms with E-state index in [1.165, 1.54) is 12.1 Å². The van der Waals surface area contributed by atoms with Gasteiger partial charge < -0.3 is 13.9 Å². The number of rotatable bonds is 8. The van der Waals surface area contributed by atoms with Gasteiger partial charge in [-0.05, 0) is 53.9 Å². The Bertz CT molecular complexity index is 1090. The fraction of sp³-hybridized carbons (Fsp3) is 0.440. The number of hydrogen-bond acceptors (Lipinski definition) is 5. The first-order chi connectivity index (χ1) is 15.8. The van der Waals surface area contributed by atoms with Gasteiger partial charge in [0, 0.05) is 18.6 Å². The SMILES string of the molecule is CC(C)(C)[Si](C)(C)OC(CCO)c1nnc(-c2ccccc2Cc2ccc(C(F)(F)F)cc2)o1. The first-order valence-corrected chi connectivity index (χ1v) is 14.1. The van der Waals surface area contributed by atoms with E-state index >= 15 is 0 Å². The molecule has 3 aromatic rings. The van der Waals surface area contributed by atoms with E-state index in [4.69, 9.17) is 8.84 Å². The molecular weight excluding hydrogens is 461 g/mol. The van der Waals surface area contributed by atoms with E-state index in [2.05, 4.69) is 44.1 Å². The van der Waals surface area contributed by atoms with Crippen LogP contribution in [0.1, 0.15) is 55.9 Å². The van der Waals surface area contributed by atoms with Gasteiger partial charge in [-0.25, -0.2) is 0 Å². The molecule has 1 heterocycles. The Kier molecular flexibility index (Phi) is 7.69. The maximum absolute atomic E-state index is 12.9. The molecule has 0 bridgehead atoms. The van der Waals surface area contributed by atoms with E-state index in [1.54, 1.807) is 0 Å². The zero-order valence-electron chi connectivity index (χ0n) is 20.1. The fourth-order valence-electron chi connectivity index (χ4n) is 3.27. The number of aromatic nitrogens is 2. The predicted molar refractivity (Wildman–Crippen MR) is 127 cm³/mol. The number of aliphatic hydroxyl groups is 1. The molecule has 0 saturated carbocycles. The molecule has 0 spiro atoms. The molecule has 1 aromatic heterocycles. The Morgan fingerprint density at radius 3 is 2.24 bits per heavy atom. The zero-order chi connectivity index (χ0) is 25.1. The van der Waals surface area contributed by atoms with Crippen molar-refractivity contribution >= 4 is 8.32 Å². The summed E-state index contributed by atoms with van der Waals surface area (Å²) in [6, 6.07) is 12.5. The van der Waals surface area contributed by atoms with Gasteiger partial charge in [-0.15, -0.1) is 10.2 Å². The standard InChI is InChI=1S/C25H31F3N2O3Si/c1-24(2,3)34(4,5)33-21(14-15-31)23-30-29-22(32-23)20-9-7-6-8-18(20)16-17-10-12-19(13-11-17)25(26,27)28/h6-13,21,31H,14-16H2,1-5H3. The summed E-state index contributed by atoms with van der Waals surface area (Å²) >= 11 is 0. The lowest BCUT2D eigenvalue weighted by molar-refractivity contribution is -0.137. The lowest BCUT2D eigenvalue weighted by atomic mass is 9.99. The Balaban J connectivity index is 1.86. The minimum Gasteiger partial charge on any atom is -0.418 e. The maximum atomic E-state index is 12.9. The van der Waals surface area contributed by atoms with Crippen LogP contribution in [0.25, 0.3) is 11.5 Å². The second kappa shape index (κ2) is 10.0. The average Bonchev–Trinajstić information content (AvgIpc) is 3.23. The highest BCUT2D eigenvalue weighted by molar-refractivity contribution is 6.74. The van der Waals surface area contributed by atoms with E-state index in [-0.39, 0.29) is 11.6 Å². The summed E-state index contributed by atoms with van der Waals surface area (Å²) in [6.07, 6.45) is -4.14. The summed E-state index contributed by atoms with van der Waals surface area (Å²) < 4.78 is 51.0. The third kappa shape index (κ3) is 6.14. The summed E-state index contributed by atoms with van der Waals surface area (Å²) in [5, 5.41) is 18.0. The summed E-state index contributed by atoms with van der Waals surface area (Å²) in [4.78, 5) is 0. The summed E-state index contributed by atoms with van der Waals surface area (Å²) in [5.41, 5.74) is 1.61. The Labute approximate surface area is 199 Å². The van der Waals surface area contributed by atoms with E-state index in [0.29, 0.717) is 30.2 Å². The summed E-state index contributed by atoms with van der Waals surface area (Å²) in [6.45, 7) is 10.5. The Morgan fingerprint density at radius 2 is 1.65 bits per heavy atom. The summed E-state index contributed by atoms with van der Waals surface area (Å²) in [5.74, 6) is 0.609. The minimum atomic E-state index is -4.37. The molecule has 184 valence electrons. The van der Waals surface area contributed by atoms with Gasteiger partial charge in [0.1, 0.15) is 6.10 Å². The molecule has 1 atom stereocenters. The molecule has 0 saturated heterocycles. The molecule has 9 heteroatoms. The quantitative estimate of drug-likeness (QED) is 0.351. The van der Waals surface area contributed by atoms with Crippen molar-refractivity contribution < 1.29 is 27.1 Å². The van der Waals surface area contributed by atoms with Crippen LogP contribution in [-0.4, -0.2) is 30.2 Å². The number of nitrogens with zero attached hydrogens (tertiary/aromatic N) is 2. The molecule has 0 amide bonds. The number of aliphatic hydroxyl groups excluding tert-OH is 1. The predicted octanol–water partition coefficient (Wildman–Crippen LogP) is 6.79.